The highest BCUT2D eigenvalue weighted by molar-refractivity contribution is 6.30. The van der Waals surface area contributed by atoms with Crippen LogP contribution in [0, 0.1) is 11.7 Å². The summed E-state index contributed by atoms with van der Waals surface area (Å²) in [7, 11) is 1.89. The third-order valence-corrected chi connectivity index (χ3v) is 5.89. The monoisotopic (exact) mass is 371 g/mol. The summed E-state index contributed by atoms with van der Waals surface area (Å²) in [6, 6.07) is 7.27. The summed E-state index contributed by atoms with van der Waals surface area (Å²) < 4.78 is 17.3. The molecule has 1 aromatic carbocycles. The van der Waals surface area contributed by atoms with Crippen molar-refractivity contribution in [3.8, 4) is 0 Å². The highest BCUT2D eigenvalue weighted by atomic mass is 35.5. The van der Waals surface area contributed by atoms with Crippen LogP contribution < -0.4 is 5.56 Å². The van der Waals surface area contributed by atoms with Gasteiger partial charge in [0.25, 0.3) is 5.56 Å². The third kappa shape index (κ3) is 2.49. The third-order valence-electron chi connectivity index (χ3n) is 5.60. The maximum absolute atomic E-state index is 13.6. The van der Waals surface area contributed by atoms with E-state index in [1.54, 1.807) is 16.7 Å². The van der Waals surface area contributed by atoms with Crippen LogP contribution in [0.4, 0.5) is 4.39 Å². The number of nitrogens with zero attached hydrogens (tertiary/aromatic N) is 3. The number of benzene rings is 1. The molecule has 2 heterocycles. The van der Waals surface area contributed by atoms with E-state index < -0.39 is 5.82 Å². The molecule has 0 spiro atoms. The fourth-order valence-corrected chi connectivity index (χ4v) is 4.21. The molecular formula is C20H19ClFN3O. The van der Waals surface area contributed by atoms with Crippen molar-refractivity contribution in [2.75, 3.05) is 0 Å². The van der Waals surface area contributed by atoms with Gasteiger partial charge >= 0.3 is 0 Å². The predicted molar refractivity (Wildman–Crippen MR) is 99.2 cm³/mol. The summed E-state index contributed by atoms with van der Waals surface area (Å²) in [5, 5.41) is 5.59. The zero-order valence-electron chi connectivity index (χ0n) is 14.5. The van der Waals surface area contributed by atoms with Crippen LogP contribution >= 0.6 is 11.6 Å². The number of pyridine rings is 1. The van der Waals surface area contributed by atoms with Gasteiger partial charge in [0.15, 0.2) is 5.52 Å². The molecule has 0 radical (unpaired) electrons. The highest BCUT2D eigenvalue weighted by Crippen LogP contribution is 2.48. The van der Waals surface area contributed by atoms with E-state index in [1.165, 1.54) is 6.07 Å². The second-order valence-electron chi connectivity index (χ2n) is 7.52. The van der Waals surface area contributed by atoms with Crippen LogP contribution in [0.1, 0.15) is 48.9 Å². The molecule has 3 aromatic rings. The molecule has 1 atom stereocenters. The molecule has 0 bridgehead atoms. The van der Waals surface area contributed by atoms with Gasteiger partial charge in [-0.3, -0.25) is 9.48 Å². The largest absolute Gasteiger partial charge is 0.311 e. The molecule has 134 valence electrons. The smallest absolute Gasteiger partial charge is 0.279 e. The molecule has 4 nitrogen and oxygen atoms in total. The lowest BCUT2D eigenvalue weighted by Gasteiger charge is -2.18. The molecule has 0 aliphatic heterocycles. The minimum atomic E-state index is -0.410. The fraction of sp³-hybridized carbons (Fsp3) is 0.400. The molecular weight excluding hydrogens is 353 g/mol. The number of aryl methyl sites for hydroxylation is 1. The Morgan fingerprint density at radius 2 is 2.00 bits per heavy atom. The van der Waals surface area contributed by atoms with Crippen molar-refractivity contribution in [3.63, 3.8) is 0 Å². The SMILES string of the molecule is Cn1nc2c(=O)n(C3CC3)ccc2c1C(c1ccc(F)c(Cl)c1)C1CC1. The van der Waals surface area contributed by atoms with Gasteiger partial charge in [0.05, 0.1) is 10.7 Å². The van der Waals surface area contributed by atoms with Crippen LogP contribution in [-0.2, 0) is 7.05 Å². The minimum Gasteiger partial charge on any atom is -0.311 e. The second-order valence-corrected chi connectivity index (χ2v) is 7.93. The van der Waals surface area contributed by atoms with Crippen LogP contribution in [0.3, 0.4) is 0 Å². The van der Waals surface area contributed by atoms with Gasteiger partial charge in [-0.05, 0) is 55.4 Å². The quantitative estimate of drug-likeness (QED) is 0.681. The zero-order valence-corrected chi connectivity index (χ0v) is 15.2. The van der Waals surface area contributed by atoms with Crippen LogP contribution in [-0.4, -0.2) is 14.3 Å². The predicted octanol–water partition coefficient (Wildman–Crippen LogP) is 4.40. The van der Waals surface area contributed by atoms with Crippen molar-refractivity contribution in [1.82, 2.24) is 14.3 Å². The van der Waals surface area contributed by atoms with Gasteiger partial charge in [-0.1, -0.05) is 17.7 Å². The molecule has 5 rings (SSSR count). The first-order valence-corrected chi connectivity index (χ1v) is 9.45. The van der Waals surface area contributed by atoms with Crippen LogP contribution in [0.15, 0.2) is 35.3 Å². The topological polar surface area (TPSA) is 39.8 Å². The molecule has 0 saturated heterocycles. The van der Waals surface area contributed by atoms with E-state index in [9.17, 15) is 9.18 Å². The van der Waals surface area contributed by atoms with Gasteiger partial charge in [0, 0.05) is 30.6 Å². The van der Waals surface area contributed by atoms with Crippen molar-refractivity contribution in [1.29, 1.82) is 0 Å². The lowest BCUT2D eigenvalue weighted by molar-refractivity contribution is 0.608. The Morgan fingerprint density at radius 3 is 2.65 bits per heavy atom. The normalized spacial score (nSPS) is 18.4. The standard InChI is InChI=1S/C20H19ClFN3O/c1-24-19(14-8-9-25(13-5-6-13)20(26)18(14)23-24)17(11-2-3-11)12-4-7-16(22)15(21)10-12/h4,7-11,13,17H,2-3,5-6H2,1H3. The van der Waals surface area contributed by atoms with Gasteiger partial charge in [0.2, 0.25) is 0 Å². The summed E-state index contributed by atoms with van der Waals surface area (Å²) in [4.78, 5) is 12.8. The van der Waals surface area contributed by atoms with Gasteiger partial charge in [-0.2, -0.15) is 5.10 Å². The van der Waals surface area contributed by atoms with E-state index in [2.05, 4.69) is 5.10 Å². The molecule has 26 heavy (non-hydrogen) atoms. The molecule has 0 N–H and O–H groups in total. The van der Waals surface area contributed by atoms with Crippen molar-refractivity contribution >= 4 is 22.5 Å². The Hall–Kier alpha value is -2.14. The summed E-state index contributed by atoms with van der Waals surface area (Å²) in [5.74, 6) is 0.132. The molecule has 1 unspecified atom stereocenters. The Labute approximate surface area is 155 Å². The maximum Gasteiger partial charge on any atom is 0.279 e. The molecule has 0 amide bonds. The number of hydrogen-bond donors (Lipinski definition) is 0. The maximum atomic E-state index is 13.6. The first kappa shape index (κ1) is 16.1. The second kappa shape index (κ2) is 5.68. The van der Waals surface area contributed by atoms with Crippen molar-refractivity contribution in [2.24, 2.45) is 13.0 Å². The lowest BCUT2D eigenvalue weighted by Crippen LogP contribution is -2.18. The van der Waals surface area contributed by atoms with E-state index in [0.717, 1.165) is 42.3 Å². The average Bonchev–Trinajstić information content (AvgIpc) is 3.51. The van der Waals surface area contributed by atoms with E-state index >= 15 is 0 Å². The van der Waals surface area contributed by atoms with Gasteiger partial charge in [0.1, 0.15) is 5.82 Å². The first-order chi connectivity index (χ1) is 12.5. The molecule has 2 aliphatic carbocycles. The van der Waals surface area contributed by atoms with Gasteiger partial charge in [-0.25, -0.2) is 4.39 Å². The summed E-state index contributed by atoms with van der Waals surface area (Å²) in [5.41, 5.74) is 2.51. The number of halogens is 2. The number of rotatable bonds is 4. The molecule has 2 aromatic heterocycles. The first-order valence-electron chi connectivity index (χ1n) is 9.07. The fourth-order valence-electron chi connectivity index (χ4n) is 4.02. The summed E-state index contributed by atoms with van der Waals surface area (Å²) >= 11 is 6.04. The Kier molecular flexibility index (Phi) is 3.51. The average molecular weight is 372 g/mol. The lowest BCUT2D eigenvalue weighted by atomic mass is 9.89. The zero-order chi connectivity index (χ0) is 18.0. The van der Waals surface area contributed by atoms with E-state index in [1.807, 2.05) is 24.0 Å². The van der Waals surface area contributed by atoms with Crippen LogP contribution in [0.25, 0.3) is 10.9 Å². The molecule has 6 heteroatoms. The highest BCUT2D eigenvalue weighted by Gasteiger charge is 2.37. The molecule has 2 saturated carbocycles. The van der Waals surface area contributed by atoms with Gasteiger partial charge < -0.3 is 4.57 Å². The molecule has 2 fully saturated rings. The van der Waals surface area contributed by atoms with Crippen molar-refractivity contribution in [2.45, 2.75) is 37.6 Å². The molecule has 2 aliphatic rings. The van der Waals surface area contributed by atoms with E-state index in [0.29, 0.717) is 17.5 Å². The van der Waals surface area contributed by atoms with Crippen molar-refractivity contribution < 1.29 is 4.39 Å². The Balaban J connectivity index is 1.70. The van der Waals surface area contributed by atoms with Gasteiger partial charge in [-0.15, -0.1) is 0 Å². The summed E-state index contributed by atoms with van der Waals surface area (Å²) in [6.45, 7) is 0. The van der Waals surface area contributed by atoms with E-state index in [4.69, 9.17) is 11.6 Å². The number of aromatic nitrogens is 3. The van der Waals surface area contributed by atoms with Crippen LogP contribution in [0.5, 0.6) is 0 Å². The Morgan fingerprint density at radius 1 is 1.23 bits per heavy atom. The Bertz CT molecular complexity index is 1080. The van der Waals surface area contributed by atoms with E-state index in [-0.39, 0.29) is 16.5 Å². The van der Waals surface area contributed by atoms with Crippen LogP contribution in [0.2, 0.25) is 5.02 Å². The summed E-state index contributed by atoms with van der Waals surface area (Å²) in [6.07, 6.45) is 6.25. The minimum absolute atomic E-state index is 0.0152. The number of hydrogen-bond acceptors (Lipinski definition) is 2. The number of fused-ring (bicyclic) bond motifs is 1. The van der Waals surface area contributed by atoms with Crippen molar-refractivity contribution in [3.05, 3.63) is 62.9 Å².